The zero-order valence-electron chi connectivity index (χ0n) is 6.61. The first-order valence-corrected chi connectivity index (χ1v) is 4.77. The Balaban J connectivity index is 3.51. The third kappa shape index (κ3) is 7.45. The second kappa shape index (κ2) is 5.07. The van der Waals surface area contributed by atoms with E-state index in [4.69, 9.17) is 4.55 Å². The first-order chi connectivity index (χ1) is 5.45. The number of carbonyl (C=O) groups excluding carboxylic acids is 1. The third-order valence-corrected chi connectivity index (χ3v) is 1.41. The molecule has 0 aliphatic carbocycles. The molecule has 0 aromatic rings. The van der Waals surface area contributed by atoms with Crippen molar-refractivity contribution < 1.29 is 22.5 Å². The summed E-state index contributed by atoms with van der Waals surface area (Å²) in [6.07, 6.45) is 0.859. The van der Waals surface area contributed by atoms with Crippen molar-refractivity contribution >= 4 is 16.3 Å². The average molecular weight is 197 g/mol. The van der Waals surface area contributed by atoms with E-state index < -0.39 is 23.0 Å². The Morgan fingerprint density at radius 3 is 2.58 bits per heavy atom. The molecule has 0 bridgehead atoms. The van der Waals surface area contributed by atoms with Gasteiger partial charge in [0.15, 0.2) is 6.73 Å². The van der Waals surface area contributed by atoms with Crippen molar-refractivity contribution in [2.45, 2.75) is 19.8 Å². The van der Waals surface area contributed by atoms with E-state index in [-0.39, 0.29) is 6.42 Å². The molecule has 0 amide bonds. The van der Waals surface area contributed by atoms with Crippen LogP contribution in [-0.4, -0.2) is 25.7 Å². The van der Waals surface area contributed by atoms with Gasteiger partial charge in [0.25, 0.3) is 0 Å². The normalized spacial score (nSPS) is 11.2. The van der Waals surface area contributed by atoms with E-state index in [1.165, 1.54) is 0 Å². The van der Waals surface area contributed by atoms with Crippen molar-refractivity contribution in [1.82, 2.24) is 4.72 Å². The third-order valence-electron chi connectivity index (χ3n) is 0.929. The Morgan fingerprint density at radius 1 is 1.58 bits per heavy atom. The molecule has 0 unspecified atom stereocenters. The summed E-state index contributed by atoms with van der Waals surface area (Å²) in [5.41, 5.74) is 0. The molecule has 12 heavy (non-hydrogen) atoms. The first-order valence-electron chi connectivity index (χ1n) is 3.33. The highest BCUT2D eigenvalue weighted by atomic mass is 32.2. The lowest BCUT2D eigenvalue weighted by atomic mass is 10.3. The minimum Gasteiger partial charge on any atom is -0.449 e. The molecule has 0 aliphatic heterocycles. The van der Waals surface area contributed by atoms with Crippen LogP contribution in [0.3, 0.4) is 0 Å². The van der Waals surface area contributed by atoms with Crippen molar-refractivity contribution in [3.05, 3.63) is 0 Å². The highest BCUT2D eigenvalue weighted by Crippen LogP contribution is 1.89. The summed E-state index contributed by atoms with van der Waals surface area (Å²) in [5, 5.41) is 0. The second-order valence-electron chi connectivity index (χ2n) is 2.03. The summed E-state index contributed by atoms with van der Waals surface area (Å²) in [6.45, 7) is 1.26. The molecule has 0 rings (SSSR count). The van der Waals surface area contributed by atoms with Crippen LogP contribution in [0.5, 0.6) is 0 Å². The van der Waals surface area contributed by atoms with Gasteiger partial charge in [0.1, 0.15) is 0 Å². The second-order valence-corrected chi connectivity index (χ2v) is 3.27. The van der Waals surface area contributed by atoms with Crippen LogP contribution in [0.25, 0.3) is 0 Å². The van der Waals surface area contributed by atoms with Crippen LogP contribution in [0.2, 0.25) is 0 Å². The predicted molar refractivity (Wildman–Crippen MR) is 40.6 cm³/mol. The summed E-state index contributed by atoms with van der Waals surface area (Å²) in [6, 6.07) is 0. The van der Waals surface area contributed by atoms with Crippen molar-refractivity contribution in [2.75, 3.05) is 6.73 Å². The molecule has 0 radical (unpaired) electrons. The topological polar surface area (TPSA) is 92.7 Å². The van der Waals surface area contributed by atoms with Crippen LogP contribution >= 0.6 is 0 Å². The zero-order valence-corrected chi connectivity index (χ0v) is 7.43. The van der Waals surface area contributed by atoms with Gasteiger partial charge in [0.2, 0.25) is 0 Å². The number of esters is 1. The lowest BCUT2D eigenvalue weighted by molar-refractivity contribution is -0.143. The number of hydrogen-bond donors (Lipinski definition) is 2. The molecule has 0 aromatic carbocycles. The molecule has 0 heterocycles. The fourth-order valence-electron chi connectivity index (χ4n) is 0.461. The van der Waals surface area contributed by atoms with Crippen LogP contribution in [-0.2, 0) is 19.8 Å². The fourth-order valence-corrected chi connectivity index (χ4v) is 0.669. The molecule has 0 aromatic heterocycles. The molecule has 2 N–H and O–H groups in total. The largest absolute Gasteiger partial charge is 0.449 e. The van der Waals surface area contributed by atoms with Gasteiger partial charge < -0.3 is 4.74 Å². The van der Waals surface area contributed by atoms with Crippen LogP contribution < -0.4 is 4.72 Å². The maximum atomic E-state index is 10.6. The number of rotatable bonds is 5. The van der Waals surface area contributed by atoms with Crippen LogP contribution in [0.15, 0.2) is 0 Å². The van der Waals surface area contributed by atoms with Crippen molar-refractivity contribution in [3.63, 3.8) is 0 Å². The van der Waals surface area contributed by atoms with E-state index >= 15 is 0 Å². The summed E-state index contributed by atoms with van der Waals surface area (Å²) < 4.78 is 34.1. The Bertz CT molecular complexity index is 234. The predicted octanol–water partition coefficient (Wildman–Crippen LogP) is -0.320. The Kier molecular flexibility index (Phi) is 4.79. The zero-order chi connectivity index (χ0) is 9.61. The van der Waals surface area contributed by atoms with Crippen LogP contribution in [0.1, 0.15) is 19.8 Å². The minimum absolute atomic E-state index is 0.229. The summed E-state index contributed by atoms with van der Waals surface area (Å²) in [7, 11) is -4.26. The van der Waals surface area contributed by atoms with Crippen molar-refractivity contribution in [1.29, 1.82) is 0 Å². The van der Waals surface area contributed by atoms with E-state index in [0.717, 1.165) is 0 Å². The smallest absolute Gasteiger partial charge is 0.336 e. The highest BCUT2D eigenvalue weighted by molar-refractivity contribution is 7.83. The SMILES string of the molecule is CCCC(=O)OCNS(=O)(=O)O. The van der Waals surface area contributed by atoms with E-state index in [1.807, 2.05) is 0 Å². The highest BCUT2D eigenvalue weighted by Gasteiger charge is 2.04. The van der Waals surface area contributed by atoms with Gasteiger partial charge >= 0.3 is 16.3 Å². The van der Waals surface area contributed by atoms with E-state index in [2.05, 4.69) is 4.74 Å². The summed E-state index contributed by atoms with van der Waals surface area (Å²) in [4.78, 5) is 10.6. The summed E-state index contributed by atoms with van der Waals surface area (Å²) in [5.74, 6) is -0.506. The van der Waals surface area contributed by atoms with Gasteiger partial charge in [-0.2, -0.15) is 13.1 Å². The van der Waals surface area contributed by atoms with E-state index in [9.17, 15) is 13.2 Å². The van der Waals surface area contributed by atoms with Gasteiger partial charge in [0, 0.05) is 6.42 Å². The van der Waals surface area contributed by atoms with Crippen LogP contribution in [0, 0.1) is 0 Å². The van der Waals surface area contributed by atoms with Gasteiger partial charge in [-0.1, -0.05) is 6.92 Å². The molecule has 0 saturated carbocycles. The molecule has 72 valence electrons. The molecule has 0 atom stereocenters. The molecule has 0 saturated heterocycles. The standard InChI is InChI=1S/C5H11NO5S/c1-2-3-5(7)11-4-6-12(8,9)10/h6H,2-4H2,1H3,(H,8,9,10). The fraction of sp³-hybridized carbons (Fsp3) is 0.800. The Labute approximate surface area is 70.8 Å². The Morgan fingerprint density at radius 2 is 2.17 bits per heavy atom. The van der Waals surface area contributed by atoms with Gasteiger partial charge in [-0.25, -0.2) is 0 Å². The van der Waals surface area contributed by atoms with Crippen molar-refractivity contribution in [3.8, 4) is 0 Å². The van der Waals surface area contributed by atoms with Gasteiger partial charge in [-0.3, -0.25) is 9.35 Å². The van der Waals surface area contributed by atoms with Crippen LogP contribution in [0.4, 0.5) is 0 Å². The van der Waals surface area contributed by atoms with E-state index in [0.29, 0.717) is 6.42 Å². The first kappa shape index (κ1) is 11.3. The quantitative estimate of drug-likeness (QED) is 0.358. The molecular weight excluding hydrogens is 186 g/mol. The lowest BCUT2D eigenvalue weighted by Gasteiger charge is -2.02. The molecule has 0 spiro atoms. The maximum Gasteiger partial charge on any atom is 0.336 e. The number of ether oxygens (including phenoxy) is 1. The van der Waals surface area contributed by atoms with Gasteiger partial charge in [-0.05, 0) is 6.42 Å². The average Bonchev–Trinajstić information content (AvgIpc) is 1.84. The molecule has 7 heteroatoms. The minimum atomic E-state index is -4.26. The lowest BCUT2D eigenvalue weighted by Crippen LogP contribution is -2.26. The monoisotopic (exact) mass is 197 g/mol. The van der Waals surface area contributed by atoms with E-state index in [1.54, 1.807) is 11.6 Å². The number of hydrogen-bond acceptors (Lipinski definition) is 4. The molecular formula is C5H11NO5S. The summed E-state index contributed by atoms with van der Waals surface area (Å²) >= 11 is 0. The van der Waals surface area contributed by atoms with Gasteiger partial charge in [-0.15, -0.1) is 0 Å². The van der Waals surface area contributed by atoms with Crippen molar-refractivity contribution in [2.24, 2.45) is 0 Å². The Hall–Kier alpha value is -0.660. The number of nitrogens with one attached hydrogen (secondary N) is 1. The molecule has 0 aliphatic rings. The molecule has 0 fully saturated rings. The number of carbonyl (C=O) groups is 1. The van der Waals surface area contributed by atoms with Gasteiger partial charge in [0.05, 0.1) is 0 Å². The maximum absolute atomic E-state index is 10.6. The molecule has 6 nitrogen and oxygen atoms in total.